The highest BCUT2D eigenvalue weighted by molar-refractivity contribution is 7.98. The van der Waals surface area contributed by atoms with E-state index in [0.29, 0.717) is 12.8 Å². The van der Waals surface area contributed by atoms with Crippen LogP contribution in [0.5, 0.6) is 0 Å². The van der Waals surface area contributed by atoms with Crippen LogP contribution in [0.25, 0.3) is 0 Å². The summed E-state index contributed by atoms with van der Waals surface area (Å²) in [6.45, 7) is 0. The minimum Gasteiger partial charge on any atom is -0.481 e. The van der Waals surface area contributed by atoms with E-state index in [0.717, 1.165) is 23.4 Å². The average molecular weight is 308 g/mol. The van der Waals surface area contributed by atoms with Crippen molar-refractivity contribution >= 4 is 29.4 Å². The molecule has 1 fully saturated rings. The normalized spacial score (nSPS) is 21.6. The number of hydrogen-bond donors (Lipinski definition) is 3. The second-order valence-corrected chi connectivity index (χ2v) is 6.11. The summed E-state index contributed by atoms with van der Waals surface area (Å²) in [5.41, 5.74) is 0.732. The molecule has 0 aliphatic heterocycles. The fourth-order valence-corrected chi connectivity index (χ4v) is 2.98. The van der Waals surface area contributed by atoms with E-state index in [1.165, 1.54) is 0 Å². The Morgan fingerprint density at radius 1 is 1.24 bits per heavy atom. The third-order valence-electron chi connectivity index (χ3n) is 3.71. The van der Waals surface area contributed by atoms with Crippen LogP contribution in [0.1, 0.15) is 25.7 Å². The smallest absolute Gasteiger partial charge is 0.319 e. The number of carboxylic acids is 1. The molecule has 0 aromatic heterocycles. The number of anilines is 1. The Kier molecular flexibility index (Phi) is 5.50. The molecule has 1 saturated carbocycles. The SMILES string of the molecule is CSc1ccc(NC(=O)NC2CCCC(C(=O)O)C2)cc1. The molecule has 0 radical (unpaired) electrons. The lowest BCUT2D eigenvalue weighted by atomic mass is 9.86. The van der Waals surface area contributed by atoms with Crippen LogP contribution in [-0.4, -0.2) is 29.4 Å². The first-order valence-electron chi connectivity index (χ1n) is 7.03. The van der Waals surface area contributed by atoms with Crippen molar-refractivity contribution in [1.29, 1.82) is 0 Å². The lowest BCUT2D eigenvalue weighted by Crippen LogP contribution is -2.42. The number of urea groups is 1. The highest BCUT2D eigenvalue weighted by Crippen LogP contribution is 2.24. The maximum absolute atomic E-state index is 11.9. The first-order valence-corrected chi connectivity index (χ1v) is 8.25. The lowest BCUT2D eigenvalue weighted by molar-refractivity contribution is -0.143. The van der Waals surface area contributed by atoms with Gasteiger partial charge >= 0.3 is 12.0 Å². The first-order chi connectivity index (χ1) is 10.1. The molecule has 0 heterocycles. The molecule has 1 aromatic rings. The van der Waals surface area contributed by atoms with Crippen LogP contribution in [0.2, 0.25) is 0 Å². The number of carboxylic acid groups (broad SMARTS) is 1. The number of thioether (sulfide) groups is 1. The van der Waals surface area contributed by atoms with Gasteiger partial charge in [0.05, 0.1) is 5.92 Å². The predicted molar refractivity (Wildman–Crippen MR) is 83.8 cm³/mol. The standard InChI is InChI=1S/C15H20N2O3S/c1-21-13-7-5-11(6-8-13)16-15(20)17-12-4-2-3-10(9-12)14(18)19/h5-8,10,12H,2-4,9H2,1H3,(H,18,19)(H2,16,17,20). The minimum atomic E-state index is -0.769. The summed E-state index contributed by atoms with van der Waals surface area (Å²) in [5.74, 6) is -1.11. The number of rotatable bonds is 4. The van der Waals surface area contributed by atoms with Gasteiger partial charge < -0.3 is 15.7 Å². The van der Waals surface area contributed by atoms with Crippen molar-refractivity contribution in [2.45, 2.75) is 36.6 Å². The highest BCUT2D eigenvalue weighted by atomic mass is 32.2. The van der Waals surface area contributed by atoms with Gasteiger partial charge in [0.25, 0.3) is 0 Å². The summed E-state index contributed by atoms with van der Waals surface area (Å²) < 4.78 is 0. The van der Waals surface area contributed by atoms with Crippen LogP contribution >= 0.6 is 11.8 Å². The van der Waals surface area contributed by atoms with Gasteiger partial charge in [0.2, 0.25) is 0 Å². The van der Waals surface area contributed by atoms with Crippen LogP contribution < -0.4 is 10.6 Å². The fraction of sp³-hybridized carbons (Fsp3) is 0.467. The minimum absolute atomic E-state index is 0.0645. The molecule has 0 saturated heterocycles. The topological polar surface area (TPSA) is 78.4 Å². The molecule has 114 valence electrons. The summed E-state index contributed by atoms with van der Waals surface area (Å²) in [7, 11) is 0. The van der Waals surface area contributed by atoms with Gasteiger partial charge in [0, 0.05) is 16.6 Å². The third-order valence-corrected chi connectivity index (χ3v) is 4.45. The second kappa shape index (κ2) is 7.36. The Bertz CT molecular complexity index is 504. The van der Waals surface area contributed by atoms with Crippen LogP contribution in [0, 0.1) is 5.92 Å². The van der Waals surface area contributed by atoms with E-state index in [2.05, 4.69) is 10.6 Å². The number of hydrogen-bond acceptors (Lipinski definition) is 3. The van der Waals surface area contributed by atoms with Gasteiger partial charge in [-0.1, -0.05) is 6.42 Å². The van der Waals surface area contributed by atoms with Crippen molar-refractivity contribution in [3.63, 3.8) is 0 Å². The Balaban J connectivity index is 1.84. The molecule has 5 nitrogen and oxygen atoms in total. The molecular weight excluding hydrogens is 288 g/mol. The number of carbonyl (C=O) groups excluding carboxylic acids is 1. The summed E-state index contributed by atoms with van der Waals surface area (Å²) >= 11 is 1.64. The predicted octanol–water partition coefficient (Wildman–Crippen LogP) is 3.17. The number of nitrogens with one attached hydrogen (secondary N) is 2. The Morgan fingerprint density at radius 2 is 1.95 bits per heavy atom. The van der Waals surface area contributed by atoms with Crippen LogP contribution in [0.15, 0.2) is 29.2 Å². The zero-order valence-corrected chi connectivity index (χ0v) is 12.8. The first kappa shape index (κ1) is 15.7. The zero-order chi connectivity index (χ0) is 15.2. The Hall–Kier alpha value is -1.69. The molecule has 2 rings (SSSR count). The van der Waals surface area contributed by atoms with Crippen molar-refractivity contribution in [2.75, 3.05) is 11.6 Å². The van der Waals surface area contributed by atoms with E-state index < -0.39 is 5.97 Å². The van der Waals surface area contributed by atoms with Crippen molar-refractivity contribution in [2.24, 2.45) is 5.92 Å². The maximum Gasteiger partial charge on any atom is 0.319 e. The lowest BCUT2D eigenvalue weighted by Gasteiger charge is -2.27. The molecular formula is C15H20N2O3S. The summed E-state index contributed by atoms with van der Waals surface area (Å²) in [6, 6.07) is 7.26. The van der Waals surface area contributed by atoms with Gasteiger partial charge in [-0.2, -0.15) is 0 Å². The van der Waals surface area contributed by atoms with Gasteiger partial charge in [-0.25, -0.2) is 4.79 Å². The number of carbonyl (C=O) groups is 2. The Morgan fingerprint density at radius 3 is 2.57 bits per heavy atom. The molecule has 1 aromatic carbocycles. The summed E-state index contributed by atoms with van der Waals surface area (Å²) in [6.07, 6.45) is 4.88. The van der Waals surface area contributed by atoms with Crippen molar-refractivity contribution in [3.8, 4) is 0 Å². The quantitative estimate of drug-likeness (QED) is 0.747. The number of benzene rings is 1. The van der Waals surface area contributed by atoms with E-state index in [4.69, 9.17) is 5.11 Å². The van der Waals surface area contributed by atoms with Gasteiger partial charge in [-0.3, -0.25) is 4.79 Å². The maximum atomic E-state index is 11.9. The number of aliphatic carboxylic acids is 1. The number of amides is 2. The third kappa shape index (κ3) is 4.67. The molecule has 1 aliphatic rings. The molecule has 2 amide bonds. The van der Waals surface area contributed by atoms with Crippen molar-refractivity contribution in [3.05, 3.63) is 24.3 Å². The molecule has 2 unspecified atom stereocenters. The fourth-order valence-electron chi connectivity index (χ4n) is 2.57. The monoisotopic (exact) mass is 308 g/mol. The average Bonchev–Trinajstić information content (AvgIpc) is 2.48. The summed E-state index contributed by atoms with van der Waals surface area (Å²) in [5, 5.41) is 14.7. The second-order valence-electron chi connectivity index (χ2n) is 5.23. The molecule has 0 spiro atoms. The molecule has 0 bridgehead atoms. The highest BCUT2D eigenvalue weighted by Gasteiger charge is 2.27. The van der Waals surface area contributed by atoms with Crippen molar-refractivity contribution in [1.82, 2.24) is 5.32 Å². The van der Waals surface area contributed by atoms with Gasteiger partial charge in [-0.15, -0.1) is 11.8 Å². The van der Waals surface area contributed by atoms with Crippen LogP contribution in [-0.2, 0) is 4.79 Å². The van der Waals surface area contributed by atoms with E-state index >= 15 is 0 Å². The van der Waals surface area contributed by atoms with E-state index in [-0.39, 0.29) is 18.0 Å². The van der Waals surface area contributed by atoms with Gasteiger partial charge in [-0.05, 0) is 49.8 Å². The Labute approximate surface area is 128 Å². The van der Waals surface area contributed by atoms with E-state index in [1.54, 1.807) is 11.8 Å². The zero-order valence-electron chi connectivity index (χ0n) is 12.0. The molecule has 1 aliphatic carbocycles. The van der Waals surface area contributed by atoms with E-state index in [9.17, 15) is 9.59 Å². The van der Waals surface area contributed by atoms with Gasteiger partial charge in [0.1, 0.15) is 0 Å². The molecule has 21 heavy (non-hydrogen) atoms. The largest absolute Gasteiger partial charge is 0.481 e. The van der Waals surface area contributed by atoms with Crippen molar-refractivity contribution < 1.29 is 14.7 Å². The van der Waals surface area contributed by atoms with E-state index in [1.807, 2.05) is 30.5 Å². The summed E-state index contributed by atoms with van der Waals surface area (Å²) in [4.78, 5) is 24.1. The van der Waals surface area contributed by atoms with Crippen LogP contribution in [0.3, 0.4) is 0 Å². The molecule has 6 heteroatoms. The molecule has 2 atom stereocenters. The van der Waals surface area contributed by atoms with Crippen LogP contribution in [0.4, 0.5) is 10.5 Å². The van der Waals surface area contributed by atoms with Gasteiger partial charge in [0.15, 0.2) is 0 Å². The molecule has 3 N–H and O–H groups in total.